The number of carbonyl (C=O) groups excluding carboxylic acids is 1. The number of hydrazone groups is 1. The first-order valence-corrected chi connectivity index (χ1v) is 11.6. The Morgan fingerprint density at radius 2 is 2.00 bits per heavy atom. The van der Waals surface area contributed by atoms with Crippen LogP contribution in [0.25, 0.3) is 0 Å². The minimum Gasteiger partial charge on any atom is -0.380 e. The lowest BCUT2D eigenvalue weighted by Crippen LogP contribution is -2.44. The van der Waals surface area contributed by atoms with Gasteiger partial charge in [-0.25, -0.2) is 13.8 Å². The van der Waals surface area contributed by atoms with Crippen LogP contribution < -0.4 is 0 Å². The van der Waals surface area contributed by atoms with E-state index in [0.717, 1.165) is 62.7 Å². The molecule has 5 nitrogen and oxygen atoms in total. The minimum absolute atomic E-state index is 0.109. The number of piperidine rings is 1. The SMILES string of the molecule is COC1CCCN(CCC[C@]2(c3ccccc3)CC(c3cc(F)ccc3F)=NN2C(C)=O)C1. The molecule has 4 rings (SSSR count). The zero-order valence-electron chi connectivity index (χ0n) is 19.3. The maximum atomic E-state index is 14.6. The second kappa shape index (κ2) is 10.1. The summed E-state index contributed by atoms with van der Waals surface area (Å²) in [4.78, 5) is 15.1. The lowest BCUT2D eigenvalue weighted by Gasteiger charge is -2.38. The summed E-state index contributed by atoms with van der Waals surface area (Å²) in [6.45, 7) is 4.29. The van der Waals surface area contributed by atoms with Crippen LogP contribution in [0.3, 0.4) is 0 Å². The molecule has 2 heterocycles. The van der Waals surface area contributed by atoms with E-state index in [1.54, 1.807) is 7.11 Å². The third-order valence-electron chi connectivity index (χ3n) is 6.80. The first-order valence-electron chi connectivity index (χ1n) is 11.6. The van der Waals surface area contributed by atoms with Crippen LogP contribution in [0.2, 0.25) is 0 Å². The van der Waals surface area contributed by atoms with Crippen molar-refractivity contribution < 1.29 is 18.3 Å². The molecular weight excluding hydrogens is 424 g/mol. The highest BCUT2D eigenvalue weighted by molar-refractivity contribution is 6.03. The van der Waals surface area contributed by atoms with E-state index in [9.17, 15) is 13.6 Å². The predicted molar refractivity (Wildman–Crippen MR) is 124 cm³/mol. The Kier molecular flexibility index (Phi) is 7.20. The number of nitrogens with zero attached hydrogens (tertiary/aromatic N) is 3. The summed E-state index contributed by atoms with van der Waals surface area (Å²) in [7, 11) is 1.76. The van der Waals surface area contributed by atoms with E-state index < -0.39 is 17.2 Å². The summed E-state index contributed by atoms with van der Waals surface area (Å²) in [5.41, 5.74) is 0.711. The summed E-state index contributed by atoms with van der Waals surface area (Å²) < 4.78 is 34.1. The Balaban J connectivity index is 1.62. The first-order chi connectivity index (χ1) is 15.9. The molecule has 2 atom stereocenters. The number of methoxy groups -OCH3 is 1. The van der Waals surface area contributed by atoms with Gasteiger partial charge >= 0.3 is 0 Å². The molecule has 0 aliphatic carbocycles. The molecule has 2 aliphatic rings. The standard InChI is InChI=1S/C26H31F2N3O2/c1-19(32)31-26(20-8-4-3-5-9-20,13-7-15-30-14-6-10-22(18-30)33-2)17-25(29-31)23-16-21(27)11-12-24(23)28/h3-5,8-9,11-12,16,22H,6-7,10,13-15,17-18H2,1-2H3/t22?,26-/m1/s1. The molecule has 0 aromatic heterocycles. The maximum Gasteiger partial charge on any atom is 0.240 e. The van der Waals surface area contributed by atoms with Gasteiger partial charge in [-0.3, -0.25) is 4.79 Å². The largest absolute Gasteiger partial charge is 0.380 e. The van der Waals surface area contributed by atoms with Gasteiger partial charge in [0.2, 0.25) is 5.91 Å². The lowest BCUT2D eigenvalue weighted by molar-refractivity contribution is -0.135. The van der Waals surface area contributed by atoms with Crippen LogP contribution in [0.5, 0.6) is 0 Å². The smallest absolute Gasteiger partial charge is 0.240 e. The topological polar surface area (TPSA) is 45.1 Å². The maximum absolute atomic E-state index is 14.6. The zero-order chi connectivity index (χ0) is 23.4. The molecule has 1 saturated heterocycles. The number of likely N-dealkylation sites (tertiary alicyclic amines) is 1. The number of hydrogen-bond acceptors (Lipinski definition) is 4. The molecule has 1 unspecified atom stereocenters. The normalized spacial score (nSPS) is 23.6. The van der Waals surface area contributed by atoms with Gasteiger partial charge in [-0.15, -0.1) is 0 Å². The highest BCUT2D eigenvalue weighted by Gasteiger charge is 2.46. The molecule has 7 heteroatoms. The van der Waals surface area contributed by atoms with Crippen LogP contribution in [-0.2, 0) is 15.1 Å². The van der Waals surface area contributed by atoms with Crippen molar-refractivity contribution in [3.8, 4) is 0 Å². The fraction of sp³-hybridized carbons (Fsp3) is 0.462. The third-order valence-corrected chi connectivity index (χ3v) is 6.80. The van der Waals surface area contributed by atoms with Crippen molar-refractivity contribution in [3.63, 3.8) is 0 Å². The van der Waals surface area contributed by atoms with E-state index in [0.29, 0.717) is 18.6 Å². The second-order valence-electron chi connectivity index (χ2n) is 8.98. The second-order valence-corrected chi connectivity index (χ2v) is 8.98. The molecule has 2 aromatic rings. The quantitative estimate of drug-likeness (QED) is 0.608. The predicted octanol–water partition coefficient (Wildman–Crippen LogP) is 4.71. The van der Waals surface area contributed by atoms with Crippen molar-refractivity contribution in [3.05, 3.63) is 71.3 Å². The fourth-order valence-electron chi connectivity index (χ4n) is 5.16. The molecule has 33 heavy (non-hydrogen) atoms. The number of rotatable bonds is 7. The summed E-state index contributed by atoms with van der Waals surface area (Å²) in [5.74, 6) is -1.29. The molecule has 2 aromatic carbocycles. The van der Waals surface area contributed by atoms with Crippen molar-refractivity contribution in [2.45, 2.75) is 50.7 Å². The fourth-order valence-corrected chi connectivity index (χ4v) is 5.16. The Morgan fingerprint density at radius 1 is 1.21 bits per heavy atom. The van der Waals surface area contributed by atoms with Gasteiger partial charge in [-0.1, -0.05) is 30.3 Å². The third kappa shape index (κ3) is 4.99. The monoisotopic (exact) mass is 455 g/mol. The first kappa shape index (κ1) is 23.5. The highest BCUT2D eigenvalue weighted by Crippen LogP contribution is 2.43. The molecule has 2 aliphatic heterocycles. The van der Waals surface area contributed by atoms with Crippen LogP contribution in [0.4, 0.5) is 8.78 Å². The van der Waals surface area contributed by atoms with Crippen LogP contribution in [-0.4, -0.2) is 54.4 Å². The molecule has 1 amide bonds. The van der Waals surface area contributed by atoms with E-state index in [2.05, 4.69) is 10.0 Å². The summed E-state index contributed by atoms with van der Waals surface area (Å²) in [5, 5.41) is 6.02. The van der Waals surface area contributed by atoms with Gasteiger partial charge in [0.15, 0.2) is 0 Å². The van der Waals surface area contributed by atoms with E-state index in [-0.39, 0.29) is 17.6 Å². The van der Waals surface area contributed by atoms with Crippen LogP contribution in [0.1, 0.15) is 50.2 Å². The van der Waals surface area contributed by atoms with Crippen LogP contribution in [0, 0.1) is 11.6 Å². The van der Waals surface area contributed by atoms with E-state index >= 15 is 0 Å². The number of benzene rings is 2. The Morgan fingerprint density at radius 3 is 2.73 bits per heavy atom. The molecule has 0 bridgehead atoms. The number of halogens is 2. The molecule has 0 N–H and O–H groups in total. The lowest BCUT2D eigenvalue weighted by atomic mass is 9.80. The van der Waals surface area contributed by atoms with Crippen LogP contribution in [0.15, 0.2) is 53.6 Å². The van der Waals surface area contributed by atoms with Gasteiger partial charge in [-0.05, 0) is 62.5 Å². The summed E-state index contributed by atoms with van der Waals surface area (Å²) in [6, 6.07) is 13.1. The van der Waals surface area contributed by atoms with Gasteiger partial charge in [0.1, 0.15) is 11.6 Å². The highest BCUT2D eigenvalue weighted by atomic mass is 19.1. The van der Waals surface area contributed by atoms with Gasteiger partial charge in [-0.2, -0.15) is 5.10 Å². The van der Waals surface area contributed by atoms with Gasteiger partial charge in [0.05, 0.1) is 17.4 Å². The molecule has 0 saturated carbocycles. The van der Waals surface area contributed by atoms with Gasteiger partial charge in [0.25, 0.3) is 0 Å². The molecule has 0 radical (unpaired) electrons. The van der Waals surface area contributed by atoms with E-state index in [4.69, 9.17) is 4.74 Å². The average Bonchev–Trinajstić information content (AvgIpc) is 3.22. The summed E-state index contributed by atoms with van der Waals surface area (Å²) in [6.07, 6.45) is 4.27. The van der Waals surface area contributed by atoms with E-state index in [1.165, 1.54) is 11.9 Å². The van der Waals surface area contributed by atoms with Crippen molar-refractivity contribution >= 4 is 11.6 Å². The molecular formula is C26H31F2N3O2. The van der Waals surface area contributed by atoms with Crippen molar-refractivity contribution in [1.29, 1.82) is 0 Å². The minimum atomic E-state index is -0.738. The Hall–Kier alpha value is -2.64. The van der Waals surface area contributed by atoms with Gasteiger partial charge < -0.3 is 9.64 Å². The number of carbonyl (C=O) groups is 1. The Labute approximate surface area is 194 Å². The number of amides is 1. The van der Waals surface area contributed by atoms with Crippen LogP contribution >= 0.6 is 0 Å². The Bertz CT molecular complexity index is 1010. The van der Waals surface area contributed by atoms with Crippen molar-refractivity contribution in [2.75, 3.05) is 26.7 Å². The molecule has 176 valence electrons. The zero-order valence-corrected chi connectivity index (χ0v) is 19.3. The number of hydrogen-bond donors (Lipinski definition) is 0. The van der Waals surface area contributed by atoms with E-state index in [1.807, 2.05) is 30.3 Å². The van der Waals surface area contributed by atoms with Gasteiger partial charge in [0, 0.05) is 32.6 Å². The average molecular weight is 456 g/mol. The summed E-state index contributed by atoms with van der Waals surface area (Å²) >= 11 is 0. The molecule has 0 spiro atoms. The van der Waals surface area contributed by atoms with Crippen molar-refractivity contribution in [1.82, 2.24) is 9.91 Å². The molecule has 1 fully saturated rings. The number of ether oxygens (including phenoxy) is 1. The van der Waals surface area contributed by atoms with Crippen molar-refractivity contribution in [2.24, 2.45) is 5.10 Å².